The Hall–Kier alpha value is -2.28. The summed E-state index contributed by atoms with van der Waals surface area (Å²) in [7, 11) is 0. The highest BCUT2D eigenvalue weighted by molar-refractivity contribution is 5.98. The smallest absolute Gasteiger partial charge is 0.252 e. The summed E-state index contributed by atoms with van der Waals surface area (Å²) in [5.41, 5.74) is 0.530. The Balaban J connectivity index is 2.03. The van der Waals surface area contributed by atoms with Gasteiger partial charge >= 0.3 is 0 Å². The molecule has 1 fully saturated rings. The predicted octanol–water partition coefficient (Wildman–Crippen LogP) is 0.701. The molecule has 104 valence electrons. The van der Waals surface area contributed by atoms with E-state index in [4.69, 9.17) is 4.74 Å². The molecule has 0 aromatic carbocycles. The van der Waals surface area contributed by atoms with Gasteiger partial charge in [-0.3, -0.25) is 4.79 Å². The van der Waals surface area contributed by atoms with Gasteiger partial charge in [-0.15, -0.1) is 0 Å². The predicted molar refractivity (Wildman–Crippen MR) is 72.2 cm³/mol. The standard InChI is InChI=1S/C13H15N5O2/c1-10(19)11-9-14-13(18-4-2-3-15-18)16-12(11)17-5-7-20-8-6-17/h2-4,9H,5-8H2,1H3. The minimum Gasteiger partial charge on any atom is -0.378 e. The van der Waals surface area contributed by atoms with Crippen LogP contribution < -0.4 is 4.90 Å². The van der Waals surface area contributed by atoms with Crippen LogP contribution in [0.25, 0.3) is 5.95 Å². The lowest BCUT2D eigenvalue weighted by Crippen LogP contribution is -2.38. The first-order valence-electron chi connectivity index (χ1n) is 6.46. The van der Waals surface area contributed by atoms with E-state index in [1.807, 2.05) is 0 Å². The summed E-state index contributed by atoms with van der Waals surface area (Å²) in [6.45, 7) is 4.23. The molecule has 1 saturated heterocycles. The number of hydrogen-bond acceptors (Lipinski definition) is 6. The zero-order valence-corrected chi connectivity index (χ0v) is 11.2. The van der Waals surface area contributed by atoms with Crippen LogP contribution in [0.15, 0.2) is 24.7 Å². The second kappa shape index (κ2) is 5.38. The number of morpholine rings is 1. The summed E-state index contributed by atoms with van der Waals surface area (Å²) in [4.78, 5) is 22.5. The van der Waals surface area contributed by atoms with E-state index in [-0.39, 0.29) is 5.78 Å². The molecular formula is C13H15N5O2. The first-order chi connectivity index (χ1) is 9.75. The Morgan fingerprint density at radius 2 is 2.15 bits per heavy atom. The summed E-state index contributed by atoms with van der Waals surface area (Å²) < 4.78 is 6.91. The Kier molecular flexibility index (Phi) is 3.42. The van der Waals surface area contributed by atoms with Crippen molar-refractivity contribution in [3.8, 4) is 5.95 Å². The number of rotatable bonds is 3. The van der Waals surface area contributed by atoms with Crippen molar-refractivity contribution >= 4 is 11.6 Å². The molecule has 7 heteroatoms. The number of carbonyl (C=O) groups is 1. The fraction of sp³-hybridized carbons (Fsp3) is 0.385. The number of ketones is 1. The second-order valence-electron chi connectivity index (χ2n) is 4.51. The number of ether oxygens (including phenoxy) is 1. The van der Waals surface area contributed by atoms with E-state index in [1.165, 1.54) is 6.92 Å². The average Bonchev–Trinajstić information content (AvgIpc) is 3.02. The van der Waals surface area contributed by atoms with E-state index in [1.54, 1.807) is 29.3 Å². The van der Waals surface area contributed by atoms with E-state index in [9.17, 15) is 4.79 Å². The van der Waals surface area contributed by atoms with Gasteiger partial charge in [0.15, 0.2) is 5.78 Å². The van der Waals surface area contributed by atoms with Crippen molar-refractivity contribution in [3.63, 3.8) is 0 Å². The number of hydrogen-bond donors (Lipinski definition) is 0. The maximum atomic E-state index is 11.7. The molecular weight excluding hydrogens is 258 g/mol. The Morgan fingerprint density at radius 3 is 2.80 bits per heavy atom. The molecule has 2 aromatic heterocycles. The minimum atomic E-state index is -0.0430. The van der Waals surface area contributed by atoms with E-state index in [0.717, 1.165) is 13.1 Å². The van der Waals surface area contributed by atoms with E-state index >= 15 is 0 Å². The lowest BCUT2D eigenvalue weighted by molar-refractivity contribution is 0.101. The zero-order chi connectivity index (χ0) is 13.9. The van der Waals surface area contributed by atoms with Crippen LogP contribution in [0.4, 0.5) is 5.82 Å². The van der Waals surface area contributed by atoms with Crippen LogP contribution in [0.1, 0.15) is 17.3 Å². The summed E-state index contributed by atoms with van der Waals surface area (Å²) in [6.07, 6.45) is 5.00. The number of Topliss-reactive ketones (excluding diaryl/α,β-unsaturated/α-hetero) is 1. The summed E-state index contributed by atoms with van der Waals surface area (Å²) in [6, 6.07) is 1.80. The Labute approximate surface area is 116 Å². The normalized spacial score (nSPS) is 15.3. The highest BCUT2D eigenvalue weighted by atomic mass is 16.5. The molecule has 1 aliphatic heterocycles. The summed E-state index contributed by atoms with van der Waals surface area (Å²) in [5.74, 6) is 1.07. The number of aromatic nitrogens is 4. The highest BCUT2D eigenvalue weighted by Gasteiger charge is 2.20. The molecule has 0 aliphatic carbocycles. The molecule has 0 N–H and O–H groups in total. The van der Waals surface area contributed by atoms with Crippen molar-refractivity contribution in [2.24, 2.45) is 0 Å². The fourth-order valence-corrected chi connectivity index (χ4v) is 2.13. The monoisotopic (exact) mass is 273 g/mol. The van der Waals surface area contributed by atoms with Gasteiger partial charge in [-0.05, 0) is 13.0 Å². The van der Waals surface area contributed by atoms with Crippen LogP contribution in [-0.2, 0) is 4.74 Å². The van der Waals surface area contributed by atoms with Crippen LogP contribution in [0.5, 0.6) is 0 Å². The lowest BCUT2D eigenvalue weighted by Gasteiger charge is -2.29. The van der Waals surface area contributed by atoms with Crippen LogP contribution >= 0.6 is 0 Å². The third kappa shape index (κ3) is 2.39. The molecule has 0 spiro atoms. The van der Waals surface area contributed by atoms with E-state index < -0.39 is 0 Å². The SMILES string of the molecule is CC(=O)c1cnc(-n2cccn2)nc1N1CCOCC1. The number of carbonyl (C=O) groups excluding carboxylic acids is 1. The van der Waals surface area contributed by atoms with Gasteiger partial charge in [-0.1, -0.05) is 0 Å². The maximum Gasteiger partial charge on any atom is 0.252 e. The first-order valence-corrected chi connectivity index (χ1v) is 6.46. The van der Waals surface area contributed by atoms with Crippen molar-refractivity contribution in [1.82, 2.24) is 19.7 Å². The molecule has 0 atom stereocenters. The Bertz CT molecular complexity index is 605. The summed E-state index contributed by atoms with van der Waals surface area (Å²) >= 11 is 0. The summed E-state index contributed by atoms with van der Waals surface area (Å²) in [5, 5.41) is 4.11. The largest absolute Gasteiger partial charge is 0.378 e. The first kappa shape index (κ1) is 12.7. The van der Waals surface area contributed by atoms with Crippen molar-refractivity contribution in [1.29, 1.82) is 0 Å². The molecule has 0 radical (unpaired) electrons. The Morgan fingerprint density at radius 1 is 1.35 bits per heavy atom. The van der Waals surface area contributed by atoms with E-state index in [2.05, 4.69) is 20.0 Å². The molecule has 0 unspecified atom stereocenters. The molecule has 0 amide bonds. The molecule has 3 heterocycles. The molecule has 1 aliphatic rings. The van der Waals surface area contributed by atoms with Gasteiger partial charge in [0.05, 0.1) is 18.8 Å². The van der Waals surface area contributed by atoms with Gasteiger partial charge in [0, 0.05) is 31.7 Å². The second-order valence-corrected chi connectivity index (χ2v) is 4.51. The van der Waals surface area contributed by atoms with Crippen LogP contribution in [0.2, 0.25) is 0 Å². The van der Waals surface area contributed by atoms with Crippen LogP contribution in [0, 0.1) is 0 Å². The van der Waals surface area contributed by atoms with Crippen LogP contribution in [-0.4, -0.2) is 51.8 Å². The van der Waals surface area contributed by atoms with E-state index in [0.29, 0.717) is 30.5 Å². The average molecular weight is 273 g/mol. The van der Waals surface area contributed by atoms with Crippen LogP contribution in [0.3, 0.4) is 0 Å². The van der Waals surface area contributed by atoms with Gasteiger partial charge < -0.3 is 9.64 Å². The lowest BCUT2D eigenvalue weighted by atomic mass is 10.2. The van der Waals surface area contributed by atoms with Crippen molar-refractivity contribution in [2.45, 2.75) is 6.92 Å². The minimum absolute atomic E-state index is 0.0430. The number of nitrogens with zero attached hydrogens (tertiary/aromatic N) is 5. The molecule has 20 heavy (non-hydrogen) atoms. The van der Waals surface area contributed by atoms with Crippen molar-refractivity contribution in [2.75, 3.05) is 31.2 Å². The molecule has 0 bridgehead atoms. The van der Waals surface area contributed by atoms with Gasteiger partial charge in [0.1, 0.15) is 5.82 Å². The quantitative estimate of drug-likeness (QED) is 0.767. The number of anilines is 1. The molecule has 0 saturated carbocycles. The van der Waals surface area contributed by atoms with Crippen molar-refractivity contribution < 1.29 is 9.53 Å². The topological polar surface area (TPSA) is 73.1 Å². The van der Waals surface area contributed by atoms with Crippen molar-refractivity contribution in [3.05, 3.63) is 30.2 Å². The van der Waals surface area contributed by atoms with Gasteiger partial charge in [-0.25, -0.2) is 9.67 Å². The fourth-order valence-electron chi connectivity index (χ4n) is 2.13. The van der Waals surface area contributed by atoms with Gasteiger partial charge in [-0.2, -0.15) is 10.1 Å². The maximum absolute atomic E-state index is 11.7. The van der Waals surface area contributed by atoms with Gasteiger partial charge in [0.2, 0.25) is 0 Å². The molecule has 7 nitrogen and oxygen atoms in total. The zero-order valence-electron chi connectivity index (χ0n) is 11.2. The highest BCUT2D eigenvalue weighted by Crippen LogP contribution is 2.20. The molecule has 3 rings (SSSR count). The third-order valence-corrected chi connectivity index (χ3v) is 3.16. The molecule has 2 aromatic rings. The van der Waals surface area contributed by atoms with Gasteiger partial charge in [0.25, 0.3) is 5.95 Å². The third-order valence-electron chi connectivity index (χ3n) is 3.16.